The van der Waals surface area contributed by atoms with E-state index < -0.39 is 22.7 Å². The number of halogens is 1. The van der Waals surface area contributed by atoms with Crippen molar-refractivity contribution < 1.29 is 14.7 Å². The third-order valence-electron chi connectivity index (χ3n) is 2.34. The van der Waals surface area contributed by atoms with Crippen LogP contribution in [0.4, 0.5) is 0 Å². The number of amides is 1. The van der Waals surface area contributed by atoms with Gasteiger partial charge in [-0.15, -0.1) is 0 Å². The molecule has 1 aromatic carbocycles. The number of hydrogen-bond donors (Lipinski definition) is 3. The lowest BCUT2D eigenvalue weighted by atomic mass is 10.0. The maximum absolute atomic E-state index is 11.9. The van der Waals surface area contributed by atoms with E-state index in [2.05, 4.69) is 33.9 Å². The molecule has 0 spiro atoms. The predicted molar refractivity (Wildman–Crippen MR) is 76.1 cm³/mol. The number of aliphatic carboxylic acids is 1. The van der Waals surface area contributed by atoms with Crippen LogP contribution in [0.5, 0.6) is 0 Å². The first-order valence-corrected chi connectivity index (χ1v) is 6.47. The van der Waals surface area contributed by atoms with Crippen molar-refractivity contribution >= 4 is 40.4 Å². The number of hydrogen-bond acceptors (Lipinski definition) is 3. The maximum Gasteiger partial charge on any atom is 0.327 e. The zero-order valence-corrected chi connectivity index (χ0v) is 12.5. The van der Waals surface area contributed by atoms with Gasteiger partial charge in [-0.25, -0.2) is 4.79 Å². The molecule has 1 atom stereocenters. The molecule has 0 aromatic heterocycles. The van der Waals surface area contributed by atoms with E-state index in [-0.39, 0.29) is 0 Å². The molecule has 0 aliphatic carbocycles. The van der Waals surface area contributed by atoms with Gasteiger partial charge in [-0.05, 0) is 38.1 Å². The minimum absolute atomic E-state index is 0.405. The third-order valence-corrected chi connectivity index (χ3v) is 3.12. The fraction of sp³-hybridized carbons (Fsp3) is 0.333. The second-order valence-corrected chi connectivity index (χ2v) is 6.47. The van der Waals surface area contributed by atoms with Gasteiger partial charge < -0.3 is 10.4 Å². The monoisotopic (exact) mass is 331 g/mol. The SMILES string of the molecule is CC(C)(S)[C@@H](NC(=O)c1ccc(Br)cc1)C(=O)O. The molecule has 0 unspecified atom stereocenters. The molecule has 6 heteroatoms. The molecule has 18 heavy (non-hydrogen) atoms. The van der Waals surface area contributed by atoms with Crippen LogP contribution in [-0.2, 0) is 4.79 Å². The molecular weight excluding hydrogens is 318 g/mol. The van der Waals surface area contributed by atoms with E-state index in [1.807, 2.05) is 0 Å². The average molecular weight is 332 g/mol. The highest BCUT2D eigenvalue weighted by Crippen LogP contribution is 2.18. The lowest BCUT2D eigenvalue weighted by Crippen LogP contribution is -2.51. The number of carboxylic acids is 1. The number of rotatable bonds is 4. The third kappa shape index (κ3) is 4.03. The summed E-state index contributed by atoms with van der Waals surface area (Å²) in [7, 11) is 0. The highest BCUT2D eigenvalue weighted by Gasteiger charge is 2.33. The first-order valence-electron chi connectivity index (χ1n) is 5.23. The van der Waals surface area contributed by atoms with Gasteiger partial charge in [-0.2, -0.15) is 12.6 Å². The molecule has 0 bridgehead atoms. The Hall–Kier alpha value is -1.01. The Kier molecular flexibility index (Phi) is 4.81. The van der Waals surface area contributed by atoms with Gasteiger partial charge in [0.15, 0.2) is 0 Å². The van der Waals surface area contributed by atoms with Gasteiger partial charge in [0.2, 0.25) is 0 Å². The summed E-state index contributed by atoms with van der Waals surface area (Å²) in [4.78, 5) is 23.0. The predicted octanol–water partition coefficient (Wildman–Crippen LogP) is 2.34. The lowest BCUT2D eigenvalue weighted by Gasteiger charge is -2.26. The summed E-state index contributed by atoms with van der Waals surface area (Å²) in [5, 5.41) is 11.5. The van der Waals surface area contributed by atoms with Crippen LogP contribution >= 0.6 is 28.6 Å². The summed E-state index contributed by atoms with van der Waals surface area (Å²) in [6.07, 6.45) is 0. The fourth-order valence-electron chi connectivity index (χ4n) is 1.36. The van der Waals surface area contributed by atoms with Crippen LogP contribution in [-0.4, -0.2) is 27.8 Å². The standard InChI is InChI=1S/C12H14BrNO3S/c1-12(2,18)9(11(16)17)14-10(15)7-3-5-8(13)6-4-7/h3-6,9,18H,1-2H3,(H,14,15)(H,16,17)/t9-/m0/s1. The number of thiol groups is 1. The van der Waals surface area contributed by atoms with Crippen molar-refractivity contribution in [3.8, 4) is 0 Å². The normalized spacial score (nSPS) is 12.9. The van der Waals surface area contributed by atoms with E-state index in [9.17, 15) is 9.59 Å². The van der Waals surface area contributed by atoms with Gasteiger partial charge in [0.25, 0.3) is 5.91 Å². The van der Waals surface area contributed by atoms with E-state index in [4.69, 9.17) is 5.11 Å². The van der Waals surface area contributed by atoms with E-state index in [0.717, 1.165) is 4.47 Å². The second kappa shape index (κ2) is 5.75. The largest absolute Gasteiger partial charge is 0.480 e. The number of carboxylic acid groups (broad SMARTS) is 1. The molecule has 98 valence electrons. The van der Waals surface area contributed by atoms with Crippen molar-refractivity contribution in [3.05, 3.63) is 34.3 Å². The van der Waals surface area contributed by atoms with Crippen LogP contribution in [0.2, 0.25) is 0 Å². The van der Waals surface area contributed by atoms with Crippen molar-refractivity contribution in [1.29, 1.82) is 0 Å². The smallest absolute Gasteiger partial charge is 0.327 e. The van der Waals surface area contributed by atoms with Gasteiger partial charge in [-0.1, -0.05) is 15.9 Å². The number of benzene rings is 1. The number of carbonyl (C=O) groups excluding carboxylic acids is 1. The van der Waals surface area contributed by atoms with Crippen LogP contribution in [0.25, 0.3) is 0 Å². The lowest BCUT2D eigenvalue weighted by molar-refractivity contribution is -0.139. The van der Waals surface area contributed by atoms with Crippen LogP contribution in [0.1, 0.15) is 24.2 Å². The van der Waals surface area contributed by atoms with Gasteiger partial charge >= 0.3 is 5.97 Å². The van der Waals surface area contributed by atoms with E-state index in [1.54, 1.807) is 38.1 Å². The van der Waals surface area contributed by atoms with Crippen molar-refractivity contribution in [2.24, 2.45) is 0 Å². The Balaban J connectivity index is 2.86. The Labute approximate surface area is 119 Å². The van der Waals surface area contributed by atoms with E-state index in [0.29, 0.717) is 5.56 Å². The van der Waals surface area contributed by atoms with Gasteiger partial charge in [0, 0.05) is 14.8 Å². The molecule has 0 fully saturated rings. The molecule has 4 nitrogen and oxygen atoms in total. The zero-order valence-electron chi connectivity index (χ0n) is 9.98. The minimum Gasteiger partial charge on any atom is -0.480 e. The summed E-state index contributed by atoms with van der Waals surface area (Å²) in [5.41, 5.74) is 0.405. The number of nitrogens with one attached hydrogen (secondary N) is 1. The first-order chi connectivity index (χ1) is 8.21. The van der Waals surface area contributed by atoms with Gasteiger partial charge in [0.1, 0.15) is 6.04 Å². The Morgan fingerprint density at radius 2 is 1.83 bits per heavy atom. The first kappa shape index (κ1) is 15.0. The highest BCUT2D eigenvalue weighted by atomic mass is 79.9. The molecule has 1 rings (SSSR count). The van der Waals surface area contributed by atoms with E-state index in [1.165, 1.54) is 0 Å². The van der Waals surface area contributed by atoms with Crippen LogP contribution in [0.15, 0.2) is 28.7 Å². The van der Waals surface area contributed by atoms with Crippen molar-refractivity contribution in [1.82, 2.24) is 5.32 Å². The molecular formula is C12H14BrNO3S. The summed E-state index contributed by atoms with van der Waals surface area (Å²) < 4.78 is -0.00000723. The zero-order chi connectivity index (χ0) is 13.9. The molecule has 0 radical (unpaired) electrons. The summed E-state index contributed by atoms with van der Waals surface area (Å²) >= 11 is 7.45. The second-order valence-electron chi connectivity index (χ2n) is 4.41. The van der Waals surface area contributed by atoms with Gasteiger partial charge in [0.05, 0.1) is 0 Å². The molecule has 0 saturated heterocycles. The highest BCUT2D eigenvalue weighted by molar-refractivity contribution is 9.10. The Morgan fingerprint density at radius 1 is 1.33 bits per heavy atom. The Bertz CT molecular complexity index is 453. The van der Waals surface area contributed by atoms with Crippen LogP contribution < -0.4 is 5.32 Å². The van der Waals surface area contributed by atoms with Crippen molar-refractivity contribution in [3.63, 3.8) is 0 Å². The maximum atomic E-state index is 11.9. The van der Waals surface area contributed by atoms with Crippen molar-refractivity contribution in [2.75, 3.05) is 0 Å². The summed E-state index contributed by atoms with van der Waals surface area (Å²) in [6.45, 7) is 3.27. The molecule has 0 aliphatic heterocycles. The topological polar surface area (TPSA) is 66.4 Å². The van der Waals surface area contributed by atoms with Crippen LogP contribution in [0.3, 0.4) is 0 Å². The quantitative estimate of drug-likeness (QED) is 0.742. The Morgan fingerprint density at radius 3 is 2.22 bits per heavy atom. The van der Waals surface area contributed by atoms with Crippen molar-refractivity contribution in [2.45, 2.75) is 24.6 Å². The van der Waals surface area contributed by atoms with E-state index >= 15 is 0 Å². The molecule has 1 aromatic rings. The minimum atomic E-state index is -1.11. The molecule has 2 N–H and O–H groups in total. The molecule has 0 heterocycles. The van der Waals surface area contributed by atoms with Gasteiger partial charge in [-0.3, -0.25) is 4.79 Å². The molecule has 1 amide bonds. The average Bonchev–Trinajstić information content (AvgIpc) is 2.24. The summed E-state index contributed by atoms with van der Waals surface area (Å²) in [5.74, 6) is -1.54. The molecule has 0 aliphatic rings. The van der Waals surface area contributed by atoms with Crippen LogP contribution in [0, 0.1) is 0 Å². The number of carbonyl (C=O) groups is 2. The molecule has 0 saturated carbocycles. The summed E-state index contributed by atoms with van der Waals surface area (Å²) in [6, 6.07) is 5.61. The fourth-order valence-corrected chi connectivity index (χ4v) is 1.80.